The number of carbonyl (C=O) groups is 2. The molecule has 2 aromatic rings. The summed E-state index contributed by atoms with van der Waals surface area (Å²) in [6.07, 6.45) is 0.164. The van der Waals surface area contributed by atoms with E-state index < -0.39 is 18.5 Å². The Morgan fingerprint density at radius 3 is 2.50 bits per heavy atom. The first kappa shape index (κ1) is 18.7. The van der Waals surface area contributed by atoms with E-state index in [1.165, 1.54) is 17.0 Å². The molecule has 0 aliphatic rings. The molecule has 0 unspecified atom stereocenters. The van der Waals surface area contributed by atoms with E-state index in [4.69, 9.17) is 15.3 Å². The second kappa shape index (κ2) is 9.00. The summed E-state index contributed by atoms with van der Waals surface area (Å²) in [5.74, 6) is -1.10. The fourth-order valence-electron chi connectivity index (χ4n) is 2.29. The standard InChI is InChI=1S/C20H17N3O3/c1-15-6-8-18(9-7-15)23(11-3-10-21)19(24)14-26-20(25)17-5-2-4-16(12-17)13-22/h2,4-9,12H,3,11,14H2,1H3. The van der Waals surface area contributed by atoms with Crippen molar-refractivity contribution in [2.24, 2.45) is 0 Å². The van der Waals surface area contributed by atoms with Crippen LogP contribution in [0.2, 0.25) is 0 Å². The number of nitrogens with zero attached hydrogens (tertiary/aromatic N) is 3. The van der Waals surface area contributed by atoms with Gasteiger partial charge in [-0.3, -0.25) is 4.79 Å². The molecule has 0 heterocycles. The fraction of sp³-hybridized carbons (Fsp3) is 0.200. The fourth-order valence-corrected chi connectivity index (χ4v) is 2.29. The molecule has 0 N–H and O–H groups in total. The number of rotatable bonds is 6. The molecule has 6 nitrogen and oxygen atoms in total. The van der Waals surface area contributed by atoms with Gasteiger partial charge in [-0.15, -0.1) is 0 Å². The SMILES string of the molecule is Cc1ccc(N(CCC#N)C(=O)COC(=O)c2cccc(C#N)c2)cc1. The monoisotopic (exact) mass is 347 g/mol. The maximum absolute atomic E-state index is 12.5. The third kappa shape index (κ3) is 4.93. The third-order valence-electron chi connectivity index (χ3n) is 3.65. The Morgan fingerprint density at radius 2 is 1.85 bits per heavy atom. The van der Waals surface area contributed by atoms with Crippen molar-refractivity contribution in [3.05, 3.63) is 65.2 Å². The van der Waals surface area contributed by atoms with E-state index in [0.29, 0.717) is 11.3 Å². The van der Waals surface area contributed by atoms with Crippen molar-refractivity contribution in [3.63, 3.8) is 0 Å². The van der Waals surface area contributed by atoms with Gasteiger partial charge in [-0.05, 0) is 37.3 Å². The van der Waals surface area contributed by atoms with Crippen LogP contribution in [0.1, 0.15) is 27.9 Å². The molecule has 26 heavy (non-hydrogen) atoms. The first-order chi connectivity index (χ1) is 12.5. The van der Waals surface area contributed by atoms with Crippen LogP contribution in [-0.4, -0.2) is 25.0 Å². The van der Waals surface area contributed by atoms with Crippen molar-refractivity contribution in [2.75, 3.05) is 18.1 Å². The summed E-state index contributed by atoms with van der Waals surface area (Å²) in [5, 5.41) is 17.7. The number of esters is 1. The molecule has 0 bridgehead atoms. The van der Waals surface area contributed by atoms with Gasteiger partial charge in [0, 0.05) is 12.2 Å². The molecule has 0 atom stereocenters. The summed E-state index contributed by atoms with van der Waals surface area (Å²) in [5.41, 5.74) is 2.22. The van der Waals surface area contributed by atoms with Crippen LogP contribution in [-0.2, 0) is 9.53 Å². The van der Waals surface area contributed by atoms with E-state index in [0.717, 1.165) is 5.56 Å². The van der Waals surface area contributed by atoms with Crippen LogP contribution in [0.3, 0.4) is 0 Å². The summed E-state index contributed by atoms with van der Waals surface area (Å²) in [4.78, 5) is 26.0. The average molecular weight is 347 g/mol. The summed E-state index contributed by atoms with van der Waals surface area (Å²) >= 11 is 0. The molecule has 1 amide bonds. The zero-order chi connectivity index (χ0) is 18.9. The van der Waals surface area contributed by atoms with Crippen LogP contribution in [0.25, 0.3) is 0 Å². The molecule has 0 saturated carbocycles. The molecule has 0 spiro atoms. The van der Waals surface area contributed by atoms with Gasteiger partial charge in [0.25, 0.3) is 5.91 Å². The number of carbonyl (C=O) groups excluding carboxylic acids is 2. The van der Waals surface area contributed by atoms with Gasteiger partial charge >= 0.3 is 5.97 Å². The number of benzene rings is 2. The zero-order valence-corrected chi connectivity index (χ0v) is 14.3. The molecule has 0 aliphatic heterocycles. The van der Waals surface area contributed by atoms with Crippen LogP contribution in [0, 0.1) is 29.6 Å². The summed E-state index contributed by atoms with van der Waals surface area (Å²) in [6.45, 7) is 1.69. The van der Waals surface area contributed by atoms with Crippen LogP contribution in [0.5, 0.6) is 0 Å². The van der Waals surface area contributed by atoms with Crippen molar-refractivity contribution in [1.29, 1.82) is 10.5 Å². The Kier molecular flexibility index (Phi) is 6.47. The Morgan fingerprint density at radius 1 is 1.12 bits per heavy atom. The number of nitriles is 2. The highest BCUT2D eigenvalue weighted by Gasteiger charge is 2.18. The molecule has 0 aromatic heterocycles. The Hall–Kier alpha value is -3.64. The first-order valence-corrected chi connectivity index (χ1v) is 7.96. The zero-order valence-electron chi connectivity index (χ0n) is 14.3. The molecular weight excluding hydrogens is 330 g/mol. The van der Waals surface area contributed by atoms with E-state index >= 15 is 0 Å². The highest BCUT2D eigenvalue weighted by molar-refractivity contribution is 5.97. The van der Waals surface area contributed by atoms with Crippen LogP contribution in [0.15, 0.2) is 48.5 Å². The molecule has 0 fully saturated rings. The van der Waals surface area contributed by atoms with Gasteiger partial charge in [0.1, 0.15) is 0 Å². The van der Waals surface area contributed by atoms with E-state index in [2.05, 4.69) is 0 Å². The first-order valence-electron chi connectivity index (χ1n) is 7.96. The lowest BCUT2D eigenvalue weighted by Crippen LogP contribution is -2.35. The Balaban J connectivity index is 2.06. The molecular formula is C20H17N3O3. The predicted octanol–water partition coefficient (Wildman–Crippen LogP) is 2.97. The molecule has 130 valence electrons. The Bertz CT molecular complexity index is 876. The van der Waals surface area contributed by atoms with Gasteiger partial charge in [0.2, 0.25) is 0 Å². The second-order valence-corrected chi connectivity index (χ2v) is 5.56. The van der Waals surface area contributed by atoms with E-state index in [9.17, 15) is 9.59 Å². The lowest BCUT2D eigenvalue weighted by Gasteiger charge is -2.21. The minimum atomic E-state index is -0.681. The Labute approximate surface area is 151 Å². The average Bonchev–Trinajstić information content (AvgIpc) is 2.67. The van der Waals surface area contributed by atoms with Crippen molar-refractivity contribution in [1.82, 2.24) is 0 Å². The number of anilines is 1. The van der Waals surface area contributed by atoms with Gasteiger partial charge in [0.15, 0.2) is 6.61 Å². The third-order valence-corrected chi connectivity index (χ3v) is 3.65. The number of hydrogen-bond acceptors (Lipinski definition) is 5. The van der Waals surface area contributed by atoms with Crippen molar-refractivity contribution in [2.45, 2.75) is 13.3 Å². The van der Waals surface area contributed by atoms with Gasteiger partial charge in [-0.25, -0.2) is 4.79 Å². The second-order valence-electron chi connectivity index (χ2n) is 5.56. The molecule has 6 heteroatoms. The van der Waals surface area contributed by atoms with Crippen molar-refractivity contribution in [3.8, 4) is 12.1 Å². The topological polar surface area (TPSA) is 94.2 Å². The number of hydrogen-bond donors (Lipinski definition) is 0. The summed E-state index contributed by atoms with van der Waals surface area (Å²) in [7, 11) is 0. The maximum atomic E-state index is 12.5. The lowest BCUT2D eigenvalue weighted by atomic mass is 10.1. The van der Waals surface area contributed by atoms with Gasteiger partial charge in [0.05, 0.1) is 29.7 Å². The molecule has 0 saturated heterocycles. The van der Waals surface area contributed by atoms with Gasteiger partial charge in [-0.2, -0.15) is 10.5 Å². The quantitative estimate of drug-likeness (QED) is 0.749. The number of ether oxygens (including phenoxy) is 1. The number of amides is 1. The summed E-state index contributed by atoms with van der Waals surface area (Å²) in [6, 6.07) is 17.3. The van der Waals surface area contributed by atoms with E-state index in [1.54, 1.807) is 24.3 Å². The van der Waals surface area contributed by atoms with Crippen molar-refractivity contribution < 1.29 is 14.3 Å². The largest absolute Gasteiger partial charge is 0.452 e. The summed E-state index contributed by atoms with van der Waals surface area (Å²) < 4.78 is 5.07. The minimum absolute atomic E-state index is 0.164. The van der Waals surface area contributed by atoms with Crippen LogP contribution >= 0.6 is 0 Å². The minimum Gasteiger partial charge on any atom is -0.452 e. The molecule has 2 aromatic carbocycles. The van der Waals surface area contributed by atoms with E-state index in [-0.39, 0.29) is 18.5 Å². The molecule has 0 radical (unpaired) electrons. The molecule has 2 rings (SSSR count). The van der Waals surface area contributed by atoms with Crippen molar-refractivity contribution >= 4 is 17.6 Å². The maximum Gasteiger partial charge on any atom is 0.338 e. The highest BCUT2D eigenvalue weighted by atomic mass is 16.5. The van der Waals surface area contributed by atoms with Gasteiger partial charge < -0.3 is 9.64 Å². The normalized spacial score (nSPS) is 9.65. The lowest BCUT2D eigenvalue weighted by molar-refractivity contribution is -0.121. The molecule has 0 aliphatic carbocycles. The van der Waals surface area contributed by atoms with E-state index in [1.807, 2.05) is 31.2 Å². The predicted molar refractivity (Wildman–Crippen MR) is 95.2 cm³/mol. The number of aryl methyl sites for hydroxylation is 1. The smallest absolute Gasteiger partial charge is 0.338 e. The highest BCUT2D eigenvalue weighted by Crippen LogP contribution is 2.16. The van der Waals surface area contributed by atoms with Gasteiger partial charge in [-0.1, -0.05) is 23.8 Å². The van der Waals surface area contributed by atoms with Crippen LogP contribution < -0.4 is 4.90 Å². The van der Waals surface area contributed by atoms with Crippen LogP contribution in [0.4, 0.5) is 5.69 Å².